The summed E-state index contributed by atoms with van der Waals surface area (Å²) in [5.74, 6) is 1.28. The second kappa shape index (κ2) is 8.53. The van der Waals surface area contributed by atoms with Gasteiger partial charge in [0, 0.05) is 24.0 Å². The van der Waals surface area contributed by atoms with Crippen molar-refractivity contribution in [2.75, 3.05) is 16.0 Å². The van der Waals surface area contributed by atoms with Crippen LogP contribution in [0.4, 0.5) is 21.9 Å². The summed E-state index contributed by atoms with van der Waals surface area (Å²) in [6, 6.07) is 23.0. The van der Waals surface area contributed by atoms with Crippen LogP contribution in [0.5, 0.6) is 11.5 Å². The molecular formula is C21H19N3O3. The first-order valence-electron chi connectivity index (χ1n) is 8.37. The molecule has 0 aliphatic heterocycles. The lowest BCUT2D eigenvalue weighted by molar-refractivity contribution is -0.114. The van der Waals surface area contributed by atoms with Crippen LogP contribution in [0.1, 0.15) is 6.92 Å². The Labute approximate surface area is 157 Å². The number of carbonyl (C=O) groups excluding carboxylic acids is 2. The van der Waals surface area contributed by atoms with Gasteiger partial charge in [-0.2, -0.15) is 0 Å². The summed E-state index contributed by atoms with van der Waals surface area (Å²) in [6.07, 6.45) is 0. The lowest BCUT2D eigenvalue weighted by atomic mass is 10.2. The third-order valence-electron chi connectivity index (χ3n) is 3.55. The molecule has 27 heavy (non-hydrogen) atoms. The van der Waals surface area contributed by atoms with Crippen molar-refractivity contribution < 1.29 is 14.3 Å². The molecule has 0 aliphatic rings. The van der Waals surface area contributed by atoms with Crippen molar-refractivity contribution >= 4 is 29.0 Å². The van der Waals surface area contributed by atoms with Crippen LogP contribution in [0.15, 0.2) is 78.9 Å². The monoisotopic (exact) mass is 361 g/mol. The van der Waals surface area contributed by atoms with Gasteiger partial charge in [-0.1, -0.05) is 18.2 Å². The number of urea groups is 1. The molecule has 3 N–H and O–H groups in total. The zero-order valence-electron chi connectivity index (χ0n) is 14.7. The fraction of sp³-hybridized carbons (Fsp3) is 0.0476. The summed E-state index contributed by atoms with van der Waals surface area (Å²) in [4.78, 5) is 23.1. The molecule has 3 rings (SSSR count). The summed E-state index contributed by atoms with van der Waals surface area (Å²) in [5, 5.41) is 8.15. The van der Waals surface area contributed by atoms with Gasteiger partial charge in [0.1, 0.15) is 11.5 Å². The fourth-order valence-corrected chi connectivity index (χ4v) is 2.36. The SMILES string of the molecule is CC(=O)Nc1ccc(NC(=O)Nc2ccc(Oc3ccccc3)cc2)cc1. The highest BCUT2D eigenvalue weighted by Crippen LogP contribution is 2.22. The van der Waals surface area contributed by atoms with Gasteiger partial charge in [-0.25, -0.2) is 4.79 Å². The molecule has 0 saturated carbocycles. The molecule has 0 fully saturated rings. The van der Waals surface area contributed by atoms with Gasteiger partial charge in [-0.15, -0.1) is 0 Å². The topological polar surface area (TPSA) is 79.5 Å². The third-order valence-corrected chi connectivity index (χ3v) is 3.55. The zero-order chi connectivity index (χ0) is 19.1. The van der Waals surface area contributed by atoms with Crippen LogP contribution >= 0.6 is 0 Å². The van der Waals surface area contributed by atoms with E-state index in [0.29, 0.717) is 22.8 Å². The molecular weight excluding hydrogens is 342 g/mol. The van der Waals surface area contributed by atoms with Gasteiger partial charge >= 0.3 is 6.03 Å². The molecule has 0 atom stereocenters. The Bertz CT molecular complexity index is 908. The largest absolute Gasteiger partial charge is 0.457 e. The minimum Gasteiger partial charge on any atom is -0.457 e. The highest BCUT2D eigenvalue weighted by molar-refractivity contribution is 6.00. The van der Waals surface area contributed by atoms with E-state index in [1.807, 2.05) is 30.3 Å². The maximum Gasteiger partial charge on any atom is 0.323 e. The predicted octanol–water partition coefficient (Wildman–Crippen LogP) is 5.08. The molecule has 0 saturated heterocycles. The molecule has 0 bridgehead atoms. The highest BCUT2D eigenvalue weighted by Gasteiger charge is 2.04. The van der Waals surface area contributed by atoms with Crippen molar-refractivity contribution in [3.05, 3.63) is 78.9 Å². The Morgan fingerprint density at radius 3 is 1.59 bits per heavy atom. The van der Waals surface area contributed by atoms with Crippen molar-refractivity contribution in [2.45, 2.75) is 6.92 Å². The van der Waals surface area contributed by atoms with E-state index in [1.165, 1.54) is 6.92 Å². The second-order valence-electron chi connectivity index (χ2n) is 5.78. The van der Waals surface area contributed by atoms with Crippen LogP contribution in [-0.4, -0.2) is 11.9 Å². The summed E-state index contributed by atoms with van der Waals surface area (Å²) >= 11 is 0. The molecule has 3 aromatic rings. The first-order valence-corrected chi connectivity index (χ1v) is 8.37. The first-order chi connectivity index (χ1) is 13.1. The van der Waals surface area contributed by atoms with Crippen molar-refractivity contribution in [3.63, 3.8) is 0 Å². The average molecular weight is 361 g/mol. The Balaban J connectivity index is 1.54. The normalized spacial score (nSPS) is 9.96. The maximum absolute atomic E-state index is 12.1. The van der Waals surface area contributed by atoms with Crippen LogP contribution < -0.4 is 20.7 Å². The standard InChI is InChI=1S/C21H19N3O3/c1-15(25)22-16-7-9-17(10-8-16)23-21(26)24-18-11-13-20(14-12-18)27-19-5-3-2-4-6-19/h2-14H,1H3,(H,22,25)(H2,23,24,26). The van der Waals surface area contributed by atoms with E-state index in [9.17, 15) is 9.59 Å². The number of hydrogen-bond acceptors (Lipinski definition) is 3. The quantitative estimate of drug-likeness (QED) is 0.593. The summed E-state index contributed by atoms with van der Waals surface area (Å²) in [5.41, 5.74) is 1.93. The number of hydrogen-bond donors (Lipinski definition) is 3. The molecule has 0 aliphatic carbocycles. The number of anilines is 3. The van der Waals surface area contributed by atoms with E-state index in [4.69, 9.17) is 4.74 Å². The van der Waals surface area contributed by atoms with Crippen molar-refractivity contribution in [2.24, 2.45) is 0 Å². The van der Waals surface area contributed by atoms with Crippen molar-refractivity contribution in [1.29, 1.82) is 0 Å². The van der Waals surface area contributed by atoms with Gasteiger partial charge in [0.15, 0.2) is 0 Å². The number of rotatable bonds is 5. The number of carbonyl (C=O) groups is 2. The lowest BCUT2D eigenvalue weighted by Crippen LogP contribution is -2.19. The van der Waals surface area contributed by atoms with Crippen molar-refractivity contribution in [1.82, 2.24) is 0 Å². The highest BCUT2D eigenvalue weighted by atomic mass is 16.5. The van der Waals surface area contributed by atoms with Crippen LogP contribution in [0.3, 0.4) is 0 Å². The van der Waals surface area contributed by atoms with Crippen LogP contribution in [-0.2, 0) is 4.79 Å². The van der Waals surface area contributed by atoms with Gasteiger partial charge in [0.05, 0.1) is 0 Å². The number of nitrogens with one attached hydrogen (secondary N) is 3. The molecule has 0 heterocycles. The van der Waals surface area contributed by atoms with E-state index in [1.54, 1.807) is 48.5 Å². The van der Waals surface area contributed by atoms with Crippen LogP contribution in [0.25, 0.3) is 0 Å². The Morgan fingerprint density at radius 1 is 0.630 bits per heavy atom. The Morgan fingerprint density at radius 2 is 1.07 bits per heavy atom. The van der Waals surface area contributed by atoms with Crippen LogP contribution in [0.2, 0.25) is 0 Å². The molecule has 6 nitrogen and oxygen atoms in total. The molecule has 136 valence electrons. The zero-order valence-corrected chi connectivity index (χ0v) is 14.7. The summed E-state index contributed by atoms with van der Waals surface area (Å²) < 4.78 is 5.71. The predicted molar refractivity (Wildman–Crippen MR) is 106 cm³/mol. The molecule has 0 aromatic heterocycles. The second-order valence-corrected chi connectivity index (χ2v) is 5.78. The molecule has 3 aromatic carbocycles. The minimum atomic E-state index is -0.362. The van der Waals surface area contributed by atoms with Gasteiger partial charge in [-0.05, 0) is 60.7 Å². The van der Waals surface area contributed by atoms with Crippen LogP contribution in [0, 0.1) is 0 Å². The summed E-state index contributed by atoms with van der Waals surface area (Å²) in [6.45, 7) is 1.44. The number of para-hydroxylation sites is 1. The Kier molecular flexibility index (Phi) is 5.69. The maximum atomic E-state index is 12.1. The molecule has 3 amide bonds. The fourth-order valence-electron chi connectivity index (χ4n) is 2.36. The number of ether oxygens (including phenoxy) is 1. The Hall–Kier alpha value is -3.80. The number of amides is 3. The molecule has 0 unspecified atom stereocenters. The minimum absolute atomic E-state index is 0.145. The van der Waals surface area contributed by atoms with Gasteiger partial charge < -0.3 is 20.7 Å². The molecule has 0 spiro atoms. The van der Waals surface area contributed by atoms with Gasteiger partial charge in [0.2, 0.25) is 5.91 Å². The smallest absolute Gasteiger partial charge is 0.323 e. The van der Waals surface area contributed by atoms with E-state index in [2.05, 4.69) is 16.0 Å². The third kappa shape index (κ3) is 5.61. The van der Waals surface area contributed by atoms with E-state index in [0.717, 1.165) is 5.75 Å². The number of benzene rings is 3. The first kappa shape index (κ1) is 18.0. The molecule has 0 radical (unpaired) electrons. The van der Waals surface area contributed by atoms with E-state index in [-0.39, 0.29) is 11.9 Å². The summed E-state index contributed by atoms with van der Waals surface area (Å²) in [7, 11) is 0. The van der Waals surface area contributed by atoms with Gasteiger partial charge in [0.25, 0.3) is 0 Å². The van der Waals surface area contributed by atoms with E-state index >= 15 is 0 Å². The van der Waals surface area contributed by atoms with E-state index < -0.39 is 0 Å². The lowest BCUT2D eigenvalue weighted by Gasteiger charge is -2.10. The van der Waals surface area contributed by atoms with Gasteiger partial charge in [-0.3, -0.25) is 4.79 Å². The average Bonchev–Trinajstić information content (AvgIpc) is 2.65. The molecule has 6 heteroatoms. The van der Waals surface area contributed by atoms with Crippen molar-refractivity contribution in [3.8, 4) is 11.5 Å².